The van der Waals surface area contributed by atoms with Crippen molar-refractivity contribution in [3.63, 3.8) is 0 Å². The number of hydrogen-bond donors (Lipinski definition) is 2. The zero-order valence-corrected chi connectivity index (χ0v) is 12.0. The molecule has 0 saturated carbocycles. The molecule has 21 heavy (non-hydrogen) atoms. The minimum Gasteiger partial charge on any atom is -0.481 e. The number of aliphatic carboxylic acids is 1. The zero-order chi connectivity index (χ0) is 15.5. The Bertz CT molecular complexity index is 631. The van der Waals surface area contributed by atoms with Gasteiger partial charge < -0.3 is 19.6 Å². The van der Waals surface area contributed by atoms with Gasteiger partial charge in [0.15, 0.2) is 0 Å². The Morgan fingerprint density at radius 3 is 2.81 bits per heavy atom. The van der Waals surface area contributed by atoms with Crippen molar-refractivity contribution < 1.29 is 19.4 Å². The molecule has 2 N–H and O–H groups in total. The molecule has 2 rings (SSSR count). The van der Waals surface area contributed by atoms with Crippen molar-refractivity contribution in [3.05, 3.63) is 42.2 Å². The molecule has 0 radical (unpaired) electrons. The van der Waals surface area contributed by atoms with E-state index in [1.54, 1.807) is 19.2 Å². The smallest absolute Gasteiger partial charge is 0.305 e. The Labute approximate surface area is 122 Å². The first-order chi connectivity index (χ1) is 9.93. The summed E-state index contributed by atoms with van der Waals surface area (Å²) in [5.41, 5.74) is 0.425. The normalized spacial score (nSPS) is 13.8. The molecule has 0 spiro atoms. The van der Waals surface area contributed by atoms with E-state index < -0.39 is 11.5 Å². The van der Waals surface area contributed by atoms with Gasteiger partial charge in [0, 0.05) is 25.0 Å². The number of nitrogens with one attached hydrogen (secondary N) is 1. The second-order valence-electron chi connectivity index (χ2n) is 5.28. The largest absolute Gasteiger partial charge is 0.481 e. The number of methoxy groups -OCH3 is 1. The van der Waals surface area contributed by atoms with Gasteiger partial charge in [-0.2, -0.15) is 0 Å². The summed E-state index contributed by atoms with van der Waals surface area (Å²) >= 11 is 0. The van der Waals surface area contributed by atoms with Crippen LogP contribution in [0.15, 0.2) is 36.7 Å². The number of amides is 1. The van der Waals surface area contributed by atoms with Crippen LogP contribution in [0.3, 0.4) is 0 Å². The predicted molar refractivity (Wildman–Crippen MR) is 77.4 cm³/mol. The third-order valence-corrected chi connectivity index (χ3v) is 3.19. The predicted octanol–water partition coefficient (Wildman–Crippen LogP) is 1.55. The van der Waals surface area contributed by atoms with Gasteiger partial charge in [0.05, 0.1) is 24.1 Å². The lowest BCUT2D eigenvalue weighted by Gasteiger charge is -2.28. The van der Waals surface area contributed by atoms with Crippen molar-refractivity contribution in [2.75, 3.05) is 13.7 Å². The molecule has 0 aromatic carbocycles. The maximum Gasteiger partial charge on any atom is 0.305 e. The second kappa shape index (κ2) is 5.97. The molecule has 2 aromatic heterocycles. The fourth-order valence-electron chi connectivity index (χ4n) is 2.31. The third-order valence-electron chi connectivity index (χ3n) is 3.19. The molecule has 1 atom stereocenters. The van der Waals surface area contributed by atoms with Gasteiger partial charge in [-0.1, -0.05) is 6.07 Å². The summed E-state index contributed by atoms with van der Waals surface area (Å²) in [4.78, 5) is 23.3. The van der Waals surface area contributed by atoms with Crippen LogP contribution in [0.1, 0.15) is 23.7 Å². The standard InChI is InChI=1S/C15H18N2O4/c1-15(10-21-2,8-13(18)19)16-14(20)11-7-12-5-3-4-6-17(12)9-11/h3-7,9H,8,10H2,1-2H3,(H,16,20)(H,18,19). The van der Waals surface area contributed by atoms with Gasteiger partial charge in [0.25, 0.3) is 5.91 Å². The van der Waals surface area contributed by atoms with Crippen LogP contribution in [0.4, 0.5) is 0 Å². The number of carbonyl (C=O) groups is 2. The van der Waals surface area contributed by atoms with E-state index in [1.807, 2.05) is 28.8 Å². The first kappa shape index (κ1) is 15.1. The minimum atomic E-state index is -0.989. The van der Waals surface area contributed by atoms with Crippen LogP contribution in [0.5, 0.6) is 0 Å². The lowest BCUT2D eigenvalue weighted by atomic mass is 9.98. The highest BCUT2D eigenvalue weighted by atomic mass is 16.5. The van der Waals surface area contributed by atoms with Crippen LogP contribution in [-0.4, -0.2) is 40.6 Å². The number of ether oxygens (including phenoxy) is 1. The molecule has 0 aliphatic rings. The van der Waals surface area contributed by atoms with Crippen LogP contribution >= 0.6 is 0 Å². The highest BCUT2D eigenvalue weighted by Gasteiger charge is 2.30. The zero-order valence-electron chi connectivity index (χ0n) is 12.0. The highest BCUT2D eigenvalue weighted by Crippen LogP contribution is 2.14. The Morgan fingerprint density at radius 2 is 2.19 bits per heavy atom. The fraction of sp³-hybridized carbons (Fsp3) is 0.333. The molecular weight excluding hydrogens is 272 g/mol. The van der Waals surface area contributed by atoms with Crippen LogP contribution in [0.25, 0.3) is 5.52 Å². The van der Waals surface area contributed by atoms with Crippen molar-refractivity contribution in [2.24, 2.45) is 0 Å². The Kier molecular flexibility index (Phi) is 4.28. The molecule has 0 aliphatic carbocycles. The van der Waals surface area contributed by atoms with Gasteiger partial charge in [-0.05, 0) is 25.1 Å². The van der Waals surface area contributed by atoms with Crippen LogP contribution in [-0.2, 0) is 9.53 Å². The van der Waals surface area contributed by atoms with Gasteiger partial charge in [-0.15, -0.1) is 0 Å². The molecule has 2 heterocycles. The number of hydrogen-bond acceptors (Lipinski definition) is 3. The molecule has 0 fully saturated rings. The van der Waals surface area contributed by atoms with E-state index in [-0.39, 0.29) is 18.9 Å². The molecule has 0 bridgehead atoms. The van der Waals surface area contributed by atoms with E-state index >= 15 is 0 Å². The third kappa shape index (κ3) is 3.61. The first-order valence-electron chi connectivity index (χ1n) is 6.53. The summed E-state index contributed by atoms with van der Waals surface area (Å²) < 4.78 is 6.85. The lowest BCUT2D eigenvalue weighted by molar-refractivity contribution is -0.139. The maximum absolute atomic E-state index is 12.3. The van der Waals surface area contributed by atoms with E-state index in [2.05, 4.69) is 5.32 Å². The highest BCUT2D eigenvalue weighted by molar-refractivity contribution is 5.96. The van der Waals surface area contributed by atoms with Crippen LogP contribution < -0.4 is 5.32 Å². The quantitative estimate of drug-likeness (QED) is 0.846. The van der Waals surface area contributed by atoms with E-state index in [0.29, 0.717) is 5.56 Å². The SMILES string of the molecule is COCC(C)(CC(=O)O)NC(=O)c1cc2ccccn2c1. The number of carboxylic acids is 1. The first-order valence-corrected chi connectivity index (χ1v) is 6.53. The van der Waals surface area contributed by atoms with Crippen LogP contribution in [0.2, 0.25) is 0 Å². The Hall–Kier alpha value is -2.34. The number of pyridine rings is 1. The Balaban J connectivity index is 2.19. The molecule has 112 valence electrons. The van der Waals surface area contributed by atoms with Crippen molar-refractivity contribution in [3.8, 4) is 0 Å². The van der Waals surface area contributed by atoms with E-state index in [4.69, 9.17) is 9.84 Å². The molecule has 6 heteroatoms. The lowest BCUT2D eigenvalue weighted by Crippen LogP contribution is -2.50. The van der Waals surface area contributed by atoms with Crippen molar-refractivity contribution >= 4 is 17.4 Å². The van der Waals surface area contributed by atoms with Gasteiger partial charge in [0.2, 0.25) is 0 Å². The van der Waals surface area contributed by atoms with Gasteiger partial charge in [-0.3, -0.25) is 9.59 Å². The van der Waals surface area contributed by atoms with E-state index in [9.17, 15) is 9.59 Å². The molecule has 1 unspecified atom stereocenters. The molecule has 2 aromatic rings. The average Bonchev–Trinajstić information content (AvgIpc) is 2.81. The molecular formula is C15H18N2O4. The fourth-order valence-corrected chi connectivity index (χ4v) is 2.31. The molecule has 0 saturated heterocycles. The number of carbonyl (C=O) groups excluding carboxylic acids is 1. The monoisotopic (exact) mass is 290 g/mol. The summed E-state index contributed by atoms with van der Waals surface area (Å²) in [7, 11) is 1.47. The number of carboxylic acid groups (broad SMARTS) is 1. The minimum absolute atomic E-state index is 0.123. The topological polar surface area (TPSA) is 80.0 Å². The number of fused-ring (bicyclic) bond motifs is 1. The average molecular weight is 290 g/mol. The second-order valence-corrected chi connectivity index (χ2v) is 5.28. The number of rotatable bonds is 6. The van der Waals surface area contributed by atoms with Crippen molar-refractivity contribution in [2.45, 2.75) is 18.9 Å². The van der Waals surface area contributed by atoms with Crippen LogP contribution in [0, 0.1) is 0 Å². The summed E-state index contributed by atoms with van der Waals surface area (Å²) in [5, 5.41) is 11.7. The summed E-state index contributed by atoms with van der Waals surface area (Å²) in [6.07, 6.45) is 3.34. The number of aromatic nitrogens is 1. The van der Waals surface area contributed by atoms with Crippen molar-refractivity contribution in [1.29, 1.82) is 0 Å². The van der Waals surface area contributed by atoms with Gasteiger partial charge >= 0.3 is 5.97 Å². The molecule has 1 amide bonds. The van der Waals surface area contributed by atoms with Gasteiger partial charge in [-0.25, -0.2) is 0 Å². The van der Waals surface area contributed by atoms with Crippen molar-refractivity contribution in [1.82, 2.24) is 9.72 Å². The van der Waals surface area contributed by atoms with Gasteiger partial charge in [0.1, 0.15) is 0 Å². The Morgan fingerprint density at radius 1 is 1.43 bits per heavy atom. The van der Waals surface area contributed by atoms with E-state index in [0.717, 1.165) is 5.52 Å². The number of nitrogens with zero attached hydrogens (tertiary/aromatic N) is 1. The molecule has 0 aliphatic heterocycles. The summed E-state index contributed by atoms with van der Waals surface area (Å²) in [6, 6.07) is 7.40. The maximum atomic E-state index is 12.3. The summed E-state index contributed by atoms with van der Waals surface area (Å²) in [5.74, 6) is -1.31. The molecule has 6 nitrogen and oxygen atoms in total. The summed E-state index contributed by atoms with van der Waals surface area (Å²) in [6.45, 7) is 1.77. The van der Waals surface area contributed by atoms with E-state index in [1.165, 1.54) is 7.11 Å².